The lowest BCUT2D eigenvalue weighted by Crippen LogP contribution is -2.50. The maximum Gasteiger partial charge on any atom is 0.136 e. The molecule has 2 rings (SSSR count). The normalized spacial score (nSPS) is 17.1. The lowest BCUT2D eigenvalue weighted by molar-refractivity contribution is 0.102. The van der Waals surface area contributed by atoms with Gasteiger partial charge in [0.05, 0.1) is 12.7 Å². The second kappa shape index (κ2) is 6.53. The first-order chi connectivity index (χ1) is 9.22. The third kappa shape index (κ3) is 3.67. The average molecular weight is 260 g/mol. The van der Waals surface area contributed by atoms with Gasteiger partial charge in [0.2, 0.25) is 0 Å². The van der Waals surface area contributed by atoms with Gasteiger partial charge in [-0.05, 0) is 24.7 Å². The Balaban J connectivity index is 1.91. The van der Waals surface area contributed by atoms with Crippen molar-refractivity contribution in [2.75, 3.05) is 40.3 Å². The van der Waals surface area contributed by atoms with Gasteiger partial charge in [-0.15, -0.1) is 0 Å². The van der Waals surface area contributed by atoms with E-state index in [0.717, 1.165) is 38.3 Å². The van der Waals surface area contributed by atoms with Crippen LogP contribution < -0.4 is 10.2 Å². The van der Waals surface area contributed by atoms with Crippen LogP contribution >= 0.6 is 0 Å². The summed E-state index contributed by atoms with van der Waals surface area (Å²) in [6.45, 7) is 4.95. The predicted molar refractivity (Wildman–Crippen MR) is 73.6 cm³/mol. The van der Waals surface area contributed by atoms with Crippen molar-refractivity contribution >= 4 is 0 Å². The summed E-state index contributed by atoms with van der Waals surface area (Å²) in [6.07, 6.45) is 0. The van der Waals surface area contributed by atoms with Gasteiger partial charge < -0.3 is 9.64 Å². The van der Waals surface area contributed by atoms with Crippen LogP contribution in [0.4, 0.5) is 0 Å². The average Bonchev–Trinajstić information content (AvgIpc) is 2.46. The zero-order valence-electron chi connectivity index (χ0n) is 11.5. The van der Waals surface area contributed by atoms with Crippen molar-refractivity contribution in [3.63, 3.8) is 0 Å². The summed E-state index contributed by atoms with van der Waals surface area (Å²) >= 11 is 0. The number of hydrogen-bond acceptors (Lipinski definition) is 5. The first-order valence-electron chi connectivity index (χ1n) is 6.47. The van der Waals surface area contributed by atoms with Gasteiger partial charge in [0.15, 0.2) is 0 Å². The fourth-order valence-electron chi connectivity index (χ4n) is 2.12. The monoisotopic (exact) mass is 260 g/mol. The van der Waals surface area contributed by atoms with Crippen molar-refractivity contribution in [1.82, 2.24) is 15.3 Å². The van der Waals surface area contributed by atoms with Gasteiger partial charge in [-0.2, -0.15) is 5.26 Å². The molecular formula is C14H20N4O. The molecule has 0 radical (unpaired) electrons. The van der Waals surface area contributed by atoms with Crippen molar-refractivity contribution in [1.29, 1.82) is 5.26 Å². The summed E-state index contributed by atoms with van der Waals surface area (Å²) in [5.41, 5.74) is 5.08. The predicted octanol–water partition coefficient (Wildman–Crippen LogP) is 0.819. The number of hydrazine groups is 1. The molecule has 19 heavy (non-hydrogen) atoms. The van der Waals surface area contributed by atoms with Gasteiger partial charge in [-0.3, -0.25) is 5.43 Å². The van der Waals surface area contributed by atoms with Gasteiger partial charge in [-0.25, -0.2) is 5.01 Å². The third-order valence-electron chi connectivity index (χ3n) is 3.39. The van der Waals surface area contributed by atoms with Crippen LogP contribution in [-0.2, 0) is 6.54 Å². The van der Waals surface area contributed by atoms with Crippen LogP contribution in [0.3, 0.4) is 0 Å². The van der Waals surface area contributed by atoms with Crippen LogP contribution in [0.25, 0.3) is 0 Å². The minimum atomic E-state index is 0.583. The highest BCUT2D eigenvalue weighted by Crippen LogP contribution is 2.18. The fourth-order valence-corrected chi connectivity index (χ4v) is 2.12. The molecule has 1 aliphatic rings. The molecule has 1 aromatic rings. The van der Waals surface area contributed by atoms with Crippen molar-refractivity contribution in [3.05, 3.63) is 29.3 Å². The van der Waals surface area contributed by atoms with Crippen molar-refractivity contribution in [2.24, 2.45) is 0 Å². The minimum absolute atomic E-state index is 0.583. The van der Waals surface area contributed by atoms with E-state index in [1.165, 1.54) is 0 Å². The summed E-state index contributed by atoms with van der Waals surface area (Å²) in [4.78, 5) is 2.32. The number of nitriles is 1. The lowest BCUT2D eigenvalue weighted by atomic mass is 10.1. The number of benzene rings is 1. The first-order valence-corrected chi connectivity index (χ1v) is 6.47. The van der Waals surface area contributed by atoms with Gasteiger partial charge >= 0.3 is 0 Å². The third-order valence-corrected chi connectivity index (χ3v) is 3.39. The van der Waals surface area contributed by atoms with Crippen LogP contribution in [0.15, 0.2) is 18.2 Å². The lowest BCUT2D eigenvalue weighted by Gasteiger charge is -2.32. The maximum absolute atomic E-state index is 9.05. The molecule has 0 saturated carbocycles. The Labute approximate surface area is 114 Å². The number of methoxy groups -OCH3 is 1. The van der Waals surface area contributed by atoms with Crippen molar-refractivity contribution in [3.8, 4) is 11.8 Å². The van der Waals surface area contributed by atoms with E-state index in [9.17, 15) is 0 Å². The molecule has 1 aromatic carbocycles. The standard InChI is InChI=1S/C14H20N4O/c1-17-5-7-18(8-6-17)16-11-12-3-4-14(19-2)13(9-12)10-15/h3-4,9,16H,5-8,11H2,1-2H3. The van der Waals surface area contributed by atoms with E-state index < -0.39 is 0 Å². The summed E-state index contributed by atoms with van der Waals surface area (Å²) in [5.74, 6) is 0.630. The number of nitrogens with zero attached hydrogens (tertiary/aromatic N) is 3. The van der Waals surface area contributed by atoms with Crippen LogP contribution in [0.1, 0.15) is 11.1 Å². The SMILES string of the molecule is COc1ccc(CNN2CCN(C)CC2)cc1C#N. The summed E-state index contributed by atoms with van der Waals surface area (Å²) in [5, 5.41) is 11.3. The topological polar surface area (TPSA) is 51.5 Å². The van der Waals surface area contributed by atoms with E-state index in [1.54, 1.807) is 7.11 Å². The van der Waals surface area contributed by atoms with Crippen LogP contribution in [0, 0.1) is 11.3 Å². The molecule has 5 heteroatoms. The van der Waals surface area contributed by atoms with Crippen LogP contribution in [-0.4, -0.2) is 50.2 Å². The quantitative estimate of drug-likeness (QED) is 0.868. The molecule has 0 atom stereocenters. The molecule has 0 amide bonds. The van der Waals surface area contributed by atoms with Crippen molar-refractivity contribution < 1.29 is 4.74 Å². The van der Waals surface area contributed by atoms with Crippen molar-refractivity contribution in [2.45, 2.75) is 6.54 Å². The zero-order chi connectivity index (χ0) is 13.7. The maximum atomic E-state index is 9.05. The molecule has 1 aliphatic heterocycles. The molecule has 1 saturated heterocycles. The van der Waals surface area contributed by atoms with Gasteiger partial charge in [-0.1, -0.05) is 6.07 Å². The number of ether oxygens (including phenoxy) is 1. The minimum Gasteiger partial charge on any atom is -0.495 e. The number of likely N-dealkylation sites (N-methyl/N-ethyl adjacent to an activating group) is 1. The molecule has 102 valence electrons. The van der Waals surface area contributed by atoms with Gasteiger partial charge in [0, 0.05) is 32.7 Å². The Bertz CT molecular complexity index is 461. The molecule has 0 aromatic heterocycles. The Morgan fingerprint density at radius 1 is 1.32 bits per heavy atom. The van der Waals surface area contributed by atoms with E-state index in [1.807, 2.05) is 18.2 Å². The number of hydrogen-bond donors (Lipinski definition) is 1. The Kier molecular flexibility index (Phi) is 4.74. The van der Waals surface area contributed by atoms with Gasteiger partial charge in [0.25, 0.3) is 0 Å². The molecule has 1 fully saturated rings. The second-order valence-electron chi connectivity index (χ2n) is 4.77. The molecule has 0 unspecified atom stereocenters. The number of nitrogens with one attached hydrogen (secondary N) is 1. The highest BCUT2D eigenvalue weighted by atomic mass is 16.5. The molecule has 0 spiro atoms. The largest absolute Gasteiger partial charge is 0.495 e. The van der Waals surface area contributed by atoms with Crippen LogP contribution in [0.5, 0.6) is 5.75 Å². The summed E-state index contributed by atoms with van der Waals surface area (Å²) in [6, 6.07) is 7.87. The highest BCUT2D eigenvalue weighted by Gasteiger charge is 2.13. The van der Waals surface area contributed by atoms with E-state index in [4.69, 9.17) is 10.00 Å². The molecule has 1 heterocycles. The van der Waals surface area contributed by atoms with E-state index in [0.29, 0.717) is 11.3 Å². The van der Waals surface area contributed by atoms with E-state index in [-0.39, 0.29) is 0 Å². The Morgan fingerprint density at radius 2 is 2.05 bits per heavy atom. The molecular weight excluding hydrogens is 240 g/mol. The molecule has 5 nitrogen and oxygen atoms in total. The van der Waals surface area contributed by atoms with E-state index in [2.05, 4.69) is 28.5 Å². The molecule has 0 bridgehead atoms. The fraction of sp³-hybridized carbons (Fsp3) is 0.500. The van der Waals surface area contributed by atoms with E-state index >= 15 is 0 Å². The zero-order valence-corrected chi connectivity index (χ0v) is 11.5. The highest BCUT2D eigenvalue weighted by molar-refractivity contribution is 5.45. The second-order valence-corrected chi connectivity index (χ2v) is 4.77. The first kappa shape index (κ1) is 13.8. The van der Waals surface area contributed by atoms with Crippen LogP contribution in [0.2, 0.25) is 0 Å². The smallest absolute Gasteiger partial charge is 0.136 e. The molecule has 0 aliphatic carbocycles. The number of rotatable bonds is 4. The van der Waals surface area contributed by atoms with Gasteiger partial charge in [0.1, 0.15) is 11.8 Å². The molecule has 1 N–H and O–H groups in total. The summed E-state index contributed by atoms with van der Waals surface area (Å²) < 4.78 is 5.14. The Hall–Kier alpha value is -1.61. The number of piperazine rings is 1. The summed E-state index contributed by atoms with van der Waals surface area (Å²) in [7, 11) is 3.72. The Morgan fingerprint density at radius 3 is 2.68 bits per heavy atom.